The van der Waals surface area contributed by atoms with Crippen LogP contribution in [-0.4, -0.2) is 25.7 Å². The highest BCUT2D eigenvalue weighted by Gasteiger charge is 2.33. The lowest BCUT2D eigenvalue weighted by Gasteiger charge is -2.33. The molecule has 0 aliphatic heterocycles. The van der Waals surface area contributed by atoms with Crippen molar-refractivity contribution in [2.75, 3.05) is 7.05 Å². The minimum atomic E-state index is -3.45. The van der Waals surface area contributed by atoms with E-state index in [1.54, 1.807) is 6.08 Å². The van der Waals surface area contributed by atoms with Crippen LogP contribution in [0.25, 0.3) is 6.08 Å². The van der Waals surface area contributed by atoms with Gasteiger partial charge in [-0.25, -0.2) is 23.0 Å². The van der Waals surface area contributed by atoms with Gasteiger partial charge in [-0.3, -0.25) is 0 Å². The predicted octanol–water partition coefficient (Wildman–Crippen LogP) is 3.84. The second-order valence-electron chi connectivity index (χ2n) is 7.72. The summed E-state index contributed by atoms with van der Waals surface area (Å²) in [7, 11) is -2.00. The number of nitrogens with one attached hydrogen (secondary N) is 2. The second kappa shape index (κ2) is 9.37. The molecule has 0 radical (unpaired) electrons. The Morgan fingerprint density at radius 3 is 2.59 bits per heavy atom. The number of allylic oxidation sites excluding steroid dienone is 9. The molecule has 1 aliphatic carbocycles. The third kappa shape index (κ3) is 6.27. The summed E-state index contributed by atoms with van der Waals surface area (Å²) in [5.74, 6) is -0.365. The normalized spacial score (nSPS) is 18.9. The van der Waals surface area contributed by atoms with Crippen molar-refractivity contribution >= 4 is 16.1 Å². The Morgan fingerprint density at radius 2 is 1.97 bits per heavy atom. The zero-order valence-electron chi connectivity index (χ0n) is 17.6. The topological polar surface area (TPSA) is 105 Å². The average molecular weight is 420 g/mol. The van der Waals surface area contributed by atoms with Gasteiger partial charge in [0.05, 0.1) is 4.91 Å². The van der Waals surface area contributed by atoms with Gasteiger partial charge in [0.15, 0.2) is 0 Å². The van der Waals surface area contributed by atoms with Crippen LogP contribution in [0, 0.1) is 5.41 Å². The van der Waals surface area contributed by atoms with Crippen LogP contribution >= 0.6 is 0 Å². The summed E-state index contributed by atoms with van der Waals surface area (Å²) in [5.41, 5.74) is 2.51. The van der Waals surface area contributed by atoms with Crippen molar-refractivity contribution < 1.29 is 12.8 Å². The highest BCUT2D eigenvalue weighted by atomic mass is 32.2. The molecule has 1 aliphatic rings. The van der Waals surface area contributed by atoms with Crippen LogP contribution in [0.4, 0.5) is 0 Å². The van der Waals surface area contributed by atoms with Crippen LogP contribution in [0.5, 0.6) is 0 Å². The standard InChI is InChI=1S/C21H29N3O4S/c1-15(8-6-9-16(2)14-19-23-24-20(25)28-19)11-12-17-18(29(26,27)22-5)10-7-13-21(17,3)4/h6,8-9,11-12,14,22H,7,10,13H2,1-5H3,(H,24,25)/b9-6+,12-11+,15-8+,16-14+. The third-order valence-electron chi connectivity index (χ3n) is 4.87. The molecule has 0 saturated carbocycles. The molecule has 0 aromatic carbocycles. The molecule has 7 nitrogen and oxygen atoms in total. The summed E-state index contributed by atoms with van der Waals surface area (Å²) >= 11 is 0. The van der Waals surface area contributed by atoms with Crippen molar-refractivity contribution in [3.05, 3.63) is 68.4 Å². The number of hydrogen-bond donors (Lipinski definition) is 2. The summed E-state index contributed by atoms with van der Waals surface area (Å²) < 4.78 is 32.1. The largest absolute Gasteiger partial charge is 0.434 e. The van der Waals surface area contributed by atoms with E-state index in [0.717, 1.165) is 29.6 Å². The monoisotopic (exact) mass is 419 g/mol. The quantitative estimate of drug-likeness (QED) is 0.653. The van der Waals surface area contributed by atoms with Crippen molar-refractivity contribution in [1.82, 2.24) is 14.9 Å². The molecule has 158 valence electrons. The van der Waals surface area contributed by atoms with Crippen LogP contribution < -0.4 is 10.5 Å². The first-order valence-corrected chi connectivity index (χ1v) is 11.0. The van der Waals surface area contributed by atoms with Gasteiger partial charge in [0, 0.05) is 6.08 Å². The Kier molecular flexibility index (Phi) is 7.37. The molecule has 0 bridgehead atoms. The molecule has 2 rings (SSSR count). The molecule has 0 spiro atoms. The van der Waals surface area contributed by atoms with Crippen LogP contribution in [0.15, 0.2) is 61.2 Å². The van der Waals surface area contributed by atoms with Crippen molar-refractivity contribution in [1.29, 1.82) is 0 Å². The smallest absolute Gasteiger partial charge is 0.388 e. The summed E-state index contributed by atoms with van der Waals surface area (Å²) in [6.45, 7) is 7.98. The molecular formula is C21H29N3O4S. The Labute approximate surface area is 172 Å². The summed E-state index contributed by atoms with van der Waals surface area (Å²) in [6.07, 6.45) is 13.5. The Morgan fingerprint density at radius 1 is 1.24 bits per heavy atom. The van der Waals surface area contributed by atoms with Crippen LogP contribution in [0.3, 0.4) is 0 Å². The van der Waals surface area contributed by atoms with E-state index < -0.39 is 15.8 Å². The summed E-state index contributed by atoms with van der Waals surface area (Å²) in [4.78, 5) is 11.4. The minimum absolute atomic E-state index is 0.197. The van der Waals surface area contributed by atoms with Gasteiger partial charge in [-0.2, -0.15) is 0 Å². The van der Waals surface area contributed by atoms with Gasteiger partial charge >= 0.3 is 5.76 Å². The van der Waals surface area contributed by atoms with E-state index >= 15 is 0 Å². The van der Waals surface area contributed by atoms with Crippen LogP contribution in [0.1, 0.15) is 52.8 Å². The van der Waals surface area contributed by atoms with Gasteiger partial charge in [0.2, 0.25) is 15.9 Å². The first kappa shape index (κ1) is 22.8. The van der Waals surface area contributed by atoms with Crippen LogP contribution in [0.2, 0.25) is 0 Å². The van der Waals surface area contributed by atoms with Gasteiger partial charge in [-0.15, -0.1) is 5.10 Å². The van der Waals surface area contributed by atoms with Crippen molar-refractivity contribution in [3.8, 4) is 0 Å². The highest BCUT2D eigenvalue weighted by Crippen LogP contribution is 2.42. The molecule has 0 unspecified atom stereocenters. The van der Waals surface area contributed by atoms with Crippen molar-refractivity contribution in [2.24, 2.45) is 5.41 Å². The first-order valence-electron chi connectivity index (χ1n) is 9.49. The van der Waals surface area contributed by atoms with E-state index in [2.05, 4.69) is 28.8 Å². The Bertz CT molecular complexity index is 1050. The maximum atomic E-state index is 12.4. The van der Waals surface area contributed by atoms with Gasteiger partial charge in [-0.1, -0.05) is 49.8 Å². The fourth-order valence-corrected chi connectivity index (χ4v) is 4.52. The molecule has 0 saturated heterocycles. The predicted molar refractivity (Wildman–Crippen MR) is 115 cm³/mol. The Balaban J connectivity index is 2.21. The summed E-state index contributed by atoms with van der Waals surface area (Å²) in [5, 5.41) is 5.93. The number of hydrogen-bond acceptors (Lipinski definition) is 5. The van der Waals surface area contributed by atoms with E-state index in [0.29, 0.717) is 11.3 Å². The van der Waals surface area contributed by atoms with Crippen molar-refractivity contribution in [2.45, 2.75) is 47.0 Å². The number of aromatic nitrogens is 2. The second-order valence-corrected chi connectivity index (χ2v) is 9.63. The van der Waals surface area contributed by atoms with Crippen LogP contribution in [-0.2, 0) is 10.0 Å². The average Bonchev–Trinajstić information content (AvgIpc) is 3.04. The molecule has 29 heavy (non-hydrogen) atoms. The van der Waals surface area contributed by atoms with Gasteiger partial charge in [0.1, 0.15) is 0 Å². The molecule has 0 fully saturated rings. The fourth-order valence-electron chi connectivity index (χ4n) is 3.23. The number of H-pyrrole nitrogens is 1. The lowest BCUT2D eigenvalue weighted by molar-refractivity contribution is 0.381. The number of sulfonamides is 1. The van der Waals surface area contributed by atoms with E-state index in [9.17, 15) is 13.2 Å². The zero-order chi connectivity index (χ0) is 21.7. The molecule has 2 N–H and O–H groups in total. The molecule has 8 heteroatoms. The zero-order valence-corrected chi connectivity index (χ0v) is 18.4. The molecule has 0 atom stereocenters. The first-order chi connectivity index (χ1) is 13.5. The van der Waals surface area contributed by atoms with E-state index in [1.807, 2.05) is 44.2 Å². The Hall–Kier alpha value is -2.45. The molecule has 1 aromatic heterocycles. The van der Waals surface area contributed by atoms with E-state index in [-0.39, 0.29) is 11.3 Å². The van der Waals surface area contributed by atoms with Crippen molar-refractivity contribution in [3.63, 3.8) is 0 Å². The minimum Gasteiger partial charge on any atom is -0.388 e. The number of nitrogens with zero attached hydrogens (tertiary/aromatic N) is 1. The maximum absolute atomic E-state index is 12.4. The highest BCUT2D eigenvalue weighted by molar-refractivity contribution is 7.93. The fraction of sp³-hybridized carbons (Fsp3) is 0.429. The molecule has 0 amide bonds. The lowest BCUT2D eigenvalue weighted by atomic mass is 9.75. The number of aromatic amines is 1. The third-order valence-corrected chi connectivity index (χ3v) is 6.48. The van der Waals surface area contributed by atoms with E-state index in [4.69, 9.17) is 4.42 Å². The van der Waals surface area contributed by atoms with E-state index in [1.165, 1.54) is 7.05 Å². The van der Waals surface area contributed by atoms with Gasteiger partial charge in [-0.05, 0) is 56.7 Å². The molecule has 1 heterocycles. The molecule has 1 aromatic rings. The number of rotatable bonds is 7. The maximum Gasteiger partial charge on any atom is 0.434 e. The SMILES string of the molecule is CNS(=O)(=O)C1=C(/C=C/C(C)=C/C=C/C(C)=C/c2n[nH]c(=O)o2)C(C)(C)CCC1. The molecular weight excluding hydrogens is 390 g/mol. The van der Waals surface area contributed by atoms with Gasteiger partial charge in [0.25, 0.3) is 0 Å². The lowest BCUT2D eigenvalue weighted by Crippen LogP contribution is -2.28. The summed E-state index contributed by atoms with van der Waals surface area (Å²) in [6, 6.07) is 0. The van der Waals surface area contributed by atoms with Gasteiger partial charge < -0.3 is 4.42 Å².